The van der Waals surface area contributed by atoms with Gasteiger partial charge in [0, 0.05) is 6.04 Å². The second kappa shape index (κ2) is 4.92. The molecule has 2 atom stereocenters. The van der Waals surface area contributed by atoms with Gasteiger partial charge >= 0.3 is 5.97 Å². The molecule has 98 valence electrons. The molecule has 1 aliphatic carbocycles. The van der Waals surface area contributed by atoms with Crippen LogP contribution in [0, 0.1) is 17.6 Å². The lowest BCUT2D eigenvalue weighted by molar-refractivity contribution is 0.0690. The highest BCUT2D eigenvalue weighted by Crippen LogP contribution is 2.38. The highest BCUT2D eigenvalue weighted by molar-refractivity contribution is 5.88. The molecule has 1 fully saturated rings. The Morgan fingerprint density at radius 1 is 1.44 bits per heavy atom. The van der Waals surface area contributed by atoms with E-state index in [-0.39, 0.29) is 11.7 Å². The first-order chi connectivity index (χ1) is 8.54. The number of rotatable bonds is 5. The van der Waals surface area contributed by atoms with Crippen LogP contribution < -0.4 is 5.32 Å². The molecule has 3 nitrogen and oxygen atoms in total. The van der Waals surface area contributed by atoms with Gasteiger partial charge in [-0.1, -0.05) is 13.3 Å². The molecule has 1 aliphatic rings. The van der Waals surface area contributed by atoms with Crippen LogP contribution in [0.3, 0.4) is 0 Å². The Hall–Kier alpha value is -1.65. The summed E-state index contributed by atoms with van der Waals surface area (Å²) < 4.78 is 27.1. The van der Waals surface area contributed by atoms with E-state index in [4.69, 9.17) is 5.11 Å². The van der Waals surface area contributed by atoms with Crippen LogP contribution in [0.4, 0.5) is 14.5 Å². The lowest BCUT2D eigenvalue weighted by atomic mass is 10.1. The van der Waals surface area contributed by atoms with E-state index in [9.17, 15) is 13.6 Å². The molecule has 2 N–H and O–H groups in total. The Kier molecular flexibility index (Phi) is 3.50. The average Bonchev–Trinajstić information content (AvgIpc) is 3.03. The molecule has 2 unspecified atom stereocenters. The normalized spacial score (nSPS) is 21.7. The standard InChI is InChI=1S/C13H15F2NO2/c1-2-3-7-6-10(7)16-9-5-4-8(13(17)18)11(14)12(9)15/h4-5,7,10,16H,2-3,6H2,1H3,(H,17,18). The molecule has 5 heteroatoms. The second-order valence-corrected chi connectivity index (χ2v) is 4.63. The van der Waals surface area contributed by atoms with Gasteiger partial charge in [-0.3, -0.25) is 0 Å². The van der Waals surface area contributed by atoms with Crippen molar-refractivity contribution in [3.05, 3.63) is 29.3 Å². The highest BCUT2D eigenvalue weighted by atomic mass is 19.2. The van der Waals surface area contributed by atoms with E-state index >= 15 is 0 Å². The van der Waals surface area contributed by atoms with E-state index in [1.807, 2.05) is 0 Å². The lowest BCUT2D eigenvalue weighted by Crippen LogP contribution is -2.10. The van der Waals surface area contributed by atoms with E-state index in [2.05, 4.69) is 12.2 Å². The van der Waals surface area contributed by atoms with Crippen LogP contribution in [0.2, 0.25) is 0 Å². The number of halogens is 2. The smallest absolute Gasteiger partial charge is 0.338 e. The molecule has 0 heterocycles. The zero-order chi connectivity index (χ0) is 13.3. The minimum atomic E-state index is -1.46. The van der Waals surface area contributed by atoms with E-state index in [1.165, 1.54) is 6.07 Å². The Balaban J connectivity index is 2.11. The van der Waals surface area contributed by atoms with Gasteiger partial charge in [0.1, 0.15) is 0 Å². The first-order valence-electron chi connectivity index (χ1n) is 6.02. The molecule has 0 aromatic heterocycles. The van der Waals surface area contributed by atoms with Crippen LogP contribution >= 0.6 is 0 Å². The summed E-state index contributed by atoms with van der Waals surface area (Å²) in [4.78, 5) is 10.6. The summed E-state index contributed by atoms with van der Waals surface area (Å²) in [5, 5.41) is 11.6. The van der Waals surface area contributed by atoms with Gasteiger partial charge in [-0.25, -0.2) is 13.6 Å². The summed E-state index contributed by atoms with van der Waals surface area (Å²) in [6.45, 7) is 2.08. The number of aromatic carboxylic acids is 1. The van der Waals surface area contributed by atoms with Gasteiger partial charge in [0.25, 0.3) is 0 Å². The zero-order valence-corrected chi connectivity index (χ0v) is 10.0. The van der Waals surface area contributed by atoms with E-state index in [0.717, 1.165) is 25.3 Å². The maximum absolute atomic E-state index is 13.6. The van der Waals surface area contributed by atoms with Crippen molar-refractivity contribution in [1.82, 2.24) is 0 Å². The van der Waals surface area contributed by atoms with Crippen molar-refractivity contribution >= 4 is 11.7 Å². The number of carboxylic acids is 1. The monoisotopic (exact) mass is 255 g/mol. The number of carbonyl (C=O) groups is 1. The number of hydrogen-bond acceptors (Lipinski definition) is 2. The third-order valence-electron chi connectivity index (χ3n) is 3.24. The largest absolute Gasteiger partial charge is 0.478 e. The Labute approximate surface area is 104 Å². The lowest BCUT2D eigenvalue weighted by Gasteiger charge is -2.09. The molecule has 0 bridgehead atoms. The molecule has 1 aromatic rings. The summed E-state index contributed by atoms with van der Waals surface area (Å²) in [5.41, 5.74) is -0.597. The number of anilines is 1. The molecule has 0 amide bonds. The van der Waals surface area contributed by atoms with Crippen LogP contribution in [-0.4, -0.2) is 17.1 Å². The molecular weight excluding hydrogens is 240 g/mol. The maximum atomic E-state index is 13.6. The fraction of sp³-hybridized carbons (Fsp3) is 0.462. The predicted octanol–water partition coefficient (Wildman–Crippen LogP) is 3.26. The molecule has 0 radical (unpaired) electrons. The van der Waals surface area contributed by atoms with Gasteiger partial charge in [-0.15, -0.1) is 0 Å². The van der Waals surface area contributed by atoms with E-state index in [1.54, 1.807) is 0 Å². The minimum Gasteiger partial charge on any atom is -0.478 e. The molecule has 0 aliphatic heterocycles. The molecular formula is C13H15F2NO2. The first-order valence-corrected chi connectivity index (χ1v) is 6.02. The van der Waals surface area contributed by atoms with Crippen molar-refractivity contribution < 1.29 is 18.7 Å². The second-order valence-electron chi connectivity index (χ2n) is 4.63. The molecule has 0 spiro atoms. The van der Waals surface area contributed by atoms with Crippen molar-refractivity contribution in [1.29, 1.82) is 0 Å². The third-order valence-corrected chi connectivity index (χ3v) is 3.24. The van der Waals surface area contributed by atoms with Crippen molar-refractivity contribution in [3.8, 4) is 0 Å². The summed E-state index contributed by atoms with van der Waals surface area (Å²) in [6.07, 6.45) is 3.09. The van der Waals surface area contributed by atoms with E-state index in [0.29, 0.717) is 5.92 Å². The third kappa shape index (κ3) is 2.44. The summed E-state index contributed by atoms with van der Waals surface area (Å²) in [6, 6.07) is 2.54. The zero-order valence-electron chi connectivity index (χ0n) is 10.0. The molecule has 1 aromatic carbocycles. The molecule has 2 rings (SSSR count). The van der Waals surface area contributed by atoms with Crippen LogP contribution in [-0.2, 0) is 0 Å². The van der Waals surface area contributed by atoms with Crippen LogP contribution in [0.25, 0.3) is 0 Å². The molecule has 1 saturated carbocycles. The quantitative estimate of drug-likeness (QED) is 0.849. The summed E-state index contributed by atoms with van der Waals surface area (Å²) >= 11 is 0. The van der Waals surface area contributed by atoms with Crippen LogP contribution in [0.5, 0.6) is 0 Å². The fourth-order valence-corrected chi connectivity index (χ4v) is 2.14. The summed E-state index contributed by atoms with van der Waals surface area (Å²) in [5.74, 6) is -3.37. The Morgan fingerprint density at radius 3 is 2.78 bits per heavy atom. The van der Waals surface area contributed by atoms with Crippen molar-refractivity contribution in [2.24, 2.45) is 5.92 Å². The summed E-state index contributed by atoms with van der Waals surface area (Å²) in [7, 11) is 0. The van der Waals surface area contributed by atoms with Crippen molar-refractivity contribution in [2.45, 2.75) is 32.2 Å². The Morgan fingerprint density at radius 2 is 2.17 bits per heavy atom. The maximum Gasteiger partial charge on any atom is 0.338 e. The van der Waals surface area contributed by atoms with Crippen molar-refractivity contribution in [3.63, 3.8) is 0 Å². The SMILES string of the molecule is CCCC1CC1Nc1ccc(C(=O)O)c(F)c1F. The topological polar surface area (TPSA) is 49.3 Å². The number of carboxylic acid groups (broad SMARTS) is 1. The number of benzene rings is 1. The molecule has 18 heavy (non-hydrogen) atoms. The van der Waals surface area contributed by atoms with Gasteiger partial charge in [0.15, 0.2) is 11.6 Å². The molecule has 0 saturated heterocycles. The predicted molar refractivity (Wildman–Crippen MR) is 63.7 cm³/mol. The van der Waals surface area contributed by atoms with Gasteiger partial charge in [-0.2, -0.15) is 0 Å². The average molecular weight is 255 g/mol. The first kappa shape index (κ1) is 12.8. The van der Waals surface area contributed by atoms with Crippen molar-refractivity contribution in [2.75, 3.05) is 5.32 Å². The van der Waals surface area contributed by atoms with E-state index < -0.39 is 23.2 Å². The van der Waals surface area contributed by atoms with Crippen LogP contribution in [0.1, 0.15) is 36.5 Å². The number of nitrogens with one attached hydrogen (secondary N) is 1. The number of hydrogen-bond donors (Lipinski definition) is 2. The van der Waals surface area contributed by atoms with Gasteiger partial charge < -0.3 is 10.4 Å². The fourth-order valence-electron chi connectivity index (χ4n) is 2.14. The van der Waals surface area contributed by atoms with Gasteiger partial charge in [0.05, 0.1) is 11.3 Å². The minimum absolute atomic E-state index is 0.0427. The highest BCUT2D eigenvalue weighted by Gasteiger charge is 2.36. The Bertz CT molecular complexity index is 476. The van der Waals surface area contributed by atoms with Gasteiger partial charge in [0.2, 0.25) is 0 Å². The van der Waals surface area contributed by atoms with Crippen LogP contribution in [0.15, 0.2) is 12.1 Å². The van der Waals surface area contributed by atoms with Gasteiger partial charge in [-0.05, 0) is 30.9 Å².